The van der Waals surface area contributed by atoms with Crippen LogP contribution in [0.5, 0.6) is 5.88 Å². The van der Waals surface area contributed by atoms with E-state index in [1.165, 1.54) is 60.1 Å². The molecule has 0 unspecified atom stereocenters. The SMILES string of the molecule is COc1nc(C(=CC2CCCC2)c2ccc(SC)cc2)ccc1C1CC1. The summed E-state index contributed by atoms with van der Waals surface area (Å²) < 4.78 is 5.64. The minimum absolute atomic E-state index is 0.648. The summed E-state index contributed by atoms with van der Waals surface area (Å²) in [6.45, 7) is 0. The fraction of sp³-hybridized carbons (Fsp3) is 0.435. The summed E-state index contributed by atoms with van der Waals surface area (Å²) in [5.74, 6) is 2.12. The summed E-state index contributed by atoms with van der Waals surface area (Å²) >= 11 is 1.78. The molecule has 2 fully saturated rings. The van der Waals surface area contributed by atoms with Crippen LogP contribution in [0.2, 0.25) is 0 Å². The molecule has 2 aromatic rings. The zero-order valence-electron chi connectivity index (χ0n) is 15.7. The molecule has 136 valence electrons. The number of pyridine rings is 1. The summed E-state index contributed by atoms with van der Waals surface area (Å²) in [6.07, 6.45) is 12.4. The van der Waals surface area contributed by atoms with Crippen LogP contribution in [0.25, 0.3) is 5.57 Å². The highest BCUT2D eigenvalue weighted by Gasteiger charge is 2.28. The van der Waals surface area contributed by atoms with Crippen LogP contribution in [-0.4, -0.2) is 18.3 Å². The number of ether oxygens (including phenoxy) is 1. The van der Waals surface area contributed by atoms with Crippen LogP contribution < -0.4 is 4.74 Å². The van der Waals surface area contributed by atoms with Gasteiger partial charge >= 0.3 is 0 Å². The third-order valence-corrected chi connectivity index (χ3v) is 6.32. The summed E-state index contributed by atoms with van der Waals surface area (Å²) in [5.41, 5.74) is 4.82. The molecule has 0 amide bonds. The average Bonchev–Trinajstić information content (AvgIpc) is 3.41. The van der Waals surface area contributed by atoms with Gasteiger partial charge in [-0.25, -0.2) is 4.98 Å². The van der Waals surface area contributed by atoms with Gasteiger partial charge in [-0.15, -0.1) is 11.8 Å². The van der Waals surface area contributed by atoms with E-state index in [2.05, 4.69) is 48.7 Å². The summed E-state index contributed by atoms with van der Waals surface area (Å²) in [5, 5.41) is 0. The Morgan fingerprint density at radius 2 is 1.77 bits per heavy atom. The molecule has 0 radical (unpaired) electrons. The van der Waals surface area contributed by atoms with Crippen molar-refractivity contribution in [3.63, 3.8) is 0 Å². The van der Waals surface area contributed by atoms with Crippen molar-refractivity contribution in [3.8, 4) is 5.88 Å². The highest BCUT2D eigenvalue weighted by Crippen LogP contribution is 2.44. The van der Waals surface area contributed by atoms with Crippen LogP contribution in [-0.2, 0) is 0 Å². The van der Waals surface area contributed by atoms with Crippen molar-refractivity contribution in [2.75, 3.05) is 13.4 Å². The van der Waals surface area contributed by atoms with Crippen molar-refractivity contribution in [2.45, 2.75) is 49.3 Å². The topological polar surface area (TPSA) is 22.1 Å². The Bertz CT molecular complexity index is 786. The minimum atomic E-state index is 0.648. The third-order valence-electron chi connectivity index (χ3n) is 5.58. The molecule has 0 saturated heterocycles. The first-order chi connectivity index (χ1) is 12.8. The monoisotopic (exact) mass is 365 g/mol. The smallest absolute Gasteiger partial charge is 0.217 e. The van der Waals surface area contributed by atoms with Gasteiger partial charge in [-0.1, -0.05) is 37.1 Å². The molecule has 0 aliphatic heterocycles. The van der Waals surface area contributed by atoms with E-state index < -0.39 is 0 Å². The van der Waals surface area contributed by atoms with Crippen LogP contribution in [0.1, 0.15) is 61.3 Å². The predicted octanol–water partition coefficient (Wildman–Crippen LogP) is 6.31. The largest absolute Gasteiger partial charge is 0.481 e. The number of thioether (sulfide) groups is 1. The van der Waals surface area contributed by atoms with Gasteiger partial charge in [-0.05, 0) is 67.5 Å². The van der Waals surface area contributed by atoms with E-state index in [-0.39, 0.29) is 0 Å². The van der Waals surface area contributed by atoms with Crippen LogP contribution >= 0.6 is 11.8 Å². The summed E-state index contributed by atoms with van der Waals surface area (Å²) in [4.78, 5) is 6.21. The molecule has 3 heteroatoms. The van der Waals surface area contributed by atoms with E-state index in [1.807, 2.05) is 0 Å². The van der Waals surface area contributed by atoms with E-state index >= 15 is 0 Å². The van der Waals surface area contributed by atoms with Gasteiger partial charge < -0.3 is 4.74 Å². The van der Waals surface area contributed by atoms with Crippen molar-refractivity contribution in [1.29, 1.82) is 0 Å². The van der Waals surface area contributed by atoms with E-state index in [9.17, 15) is 0 Å². The molecular formula is C23H27NOS. The number of nitrogens with zero attached hydrogens (tertiary/aromatic N) is 1. The molecule has 0 atom stereocenters. The first-order valence-electron chi connectivity index (χ1n) is 9.70. The number of rotatable bonds is 6. The van der Waals surface area contributed by atoms with E-state index in [0.29, 0.717) is 11.8 Å². The molecule has 2 aliphatic rings. The van der Waals surface area contributed by atoms with Crippen molar-refractivity contribution < 1.29 is 4.74 Å². The van der Waals surface area contributed by atoms with Crippen molar-refractivity contribution >= 4 is 17.3 Å². The Labute approximate surface area is 161 Å². The highest BCUT2D eigenvalue weighted by atomic mass is 32.2. The second-order valence-corrected chi connectivity index (χ2v) is 8.30. The molecule has 2 aliphatic carbocycles. The number of hydrogen-bond donors (Lipinski definition) is 0. The van der Waals surface area contributed by atoms with Gasteiger partial charge in [0.2, 0.25) is 5.88 Å². The lowest BCUT2D eigenvalue weighted by Crippen LogP contribution is -2.00. The molecule has 2 nitrogen and oxygen atoms in total. The van der Waals surface area contributed by atoms with Crippen molar-refractivity contribution in [1.82, 2.24) is 4.98 Å². The Balaban J connectivity index is 1.74. The Morgan fingerprint density at radius 3 is 2.38 bits per heavy atom. The second-order valence-electron chi connectivity index (χ2n) is 7.42. The Hall–Kier alpha value is -1.74. The first-order valence-corrected chi connectivity index (χ1v) is 10.9. The van der Waals surface area contributed by atoms with E-state index in [4.69, 9.17) is 9.72 Å². The molecule has 1 aromatic carbocycles. The number of hydrogen-bond acceptors (Lipinski definition) is 3. The fourth-order valence-electron chi connectivity index (χ4n) is 3.93. The first kappa shape index (κ1) is 17.7. The lowest BCUT2D eigenvalue weighted by atomic mass is 9.95. The van der Waals surface area contributed by atoms with Crippen LogP contribution in [0, 0.1) is 5.92 Å². The van der Waals surface area contributed by atoms with Gasteiger partial charge in [-0.2, -0.15) is 0 Å². The van der Waals surface area contributed by atoms with Crippen LogP contribution in [0.3, 0.4) is 0 Å². The van der Waals surface area contributed by atoms with E-state index in [0.717, 1.165) is 11.6 Å². The van der Waals surface area contributed by atoms with E-state index in [1.54, 1.807) is 18.9 Å². The highest BCUT2D eigenvalue weighted by molar-refractivity contribution is 7.98. The standard InChI is InChI=1S/C23H27NOS/c1-25-23-20(17-7-8-17)13-14-22(24-23)21(15-16-5-3-4-6-16)18-9-11-19(26-2)12-10-18/h9-17H,3-8H2,1-2H3. The fourth-order valence-corrected chi connectivity index (χ4v) is 4.34. The maximum Gasteiger partial charge on any atom is 0.217 e. The Kier molecular flexibility index (Phi) is 5.35. The summed E-state index contributed by atoms with van der Waals surface area (Å²) in [7, 11) is 1.74. The van der Waals surface area contributed by atoms with Gasteiger partial charge in [0.15, 0.2) is 0 Å². The molecule has 0 spiro atoms. The van der Waals surface area contributed by atoms with Crippen molar-refractivity contribution in [3.05, 3.63) is 59.3 Å². The van der Waals surface area contributed by atoms with Gasteiger partial charge in [0.1, 0.15) is 0 Å². The quantitative estimate of drug-likeness (QED) is 0.560. The van der Waals surface area contributed by atoms with Gasteiger partial charge in [0.25, 0.3) is 0 Å². The maximum atomic E-state index is 5.64. The molecule has 4 rings (SSSR count). The van der Waals surface area contributed by atoms with Crippen molar-refractivity contribution in [2.24, 2.45) is 5.92 Å². The lowest BCUT2D eigenvalue weighted by molar-refractivity contribution is 0.392. The minimum Gasteiger partial charge on any atom is -0.481 e. The maximum absolute atomic E-state index is 5.64. The number of allylic oxidation sites excluding steroid dienone is 1. The predicted molar refractivity (Wildman–Crippen MR) is 110 cm³/mol. The zero-order valence-corrected chi connectivity index (χ0v) is 16.5. The zero-order chi connectivity index (χ0) is 17.9. The molecule has 1 aromatic heterocycles. The van der Waals surface area contributed by atoms with Crippen LogP contribution in [0.4, 0.5) is 0 Å². The third kappa shape index (κ3) is 3.83. The lowest BCUT2D eigenvalue weighted by Gasteiger charge is -2.14. The molecule has 1 heterocycles. The Morgan fingerprint density at radius 1 is 1.04 bits per heavy atom. The number of methoxy groups -OCH3 is 1. The molecule has 0 bridgehead atoms. The summed E-state index contributed by atoms with van der Waals surface area (Å²) in [6, 6.07) is 13.3. The average molecular weight is 366 g/mol. The molecule has 26 heavy (non-hydrogen) atoms. The van der Waals surface area contributed by atoms with Gasteiger partial charge in [-0.3, -0.25) is 0 Å². The van der Waals surface area contributed by atoms with Gasteiger partial charge in [0.05, 0.1) is 12.8 Å². The normalized spacial score (nSPS) is 18.3. The number of benzene rings is 1. The van der Waals surface area contributed by atoms with Crippen LogP contribution in [0.15, 0.2) is 47.4 Å². The molecular weight excluding hydrogens is 338 g/mol. The van der Waals surface area contributed by atoms with Gasteiger partial charge in [0, 0.05) is 16.0 Å². The molecule has 0 N–H and O–H groups in total. The second kappa shape index (κ2) is 7.87. The number of aromatic nitrogens is 1. The molecule has 2 saturated carbocycles.